The van der Waals surface area contributed by atoms with Crippen molar-refractivity contribution in [3.05, 3.63) is 57.6 Å². The summed E-state index contributed by atoms with van der Waals surface area (Å²) in [6.07, 6.45) is 23.5. The summed E-state index contributed by atoms with van der Waals surface area (Å²) >= 11 is 0. The molecule has 4 aliphatic carbocycles. The zero-order valence-corrected chi connectivity index (χ0v) is 45.3. The molecule has 2 aromatic rings. The Kier molecular flexibility index (Phi) is 16.7. The number of aromatic hydroxyl groups is 2. The quantitative estimate of drug-likeness (QED) is 0.157. The first-order chi connectivity index (χ1) is 33.7. The third-order valence-corrected chi connectivity index (χ3v) is 18.7. The number of esters is 2. The molecule has 6 fully saturated rings. The van der Waals surface area contributed by atoms with Crippen LogP contribution in [0.5, 0.6) is 11.5 Å². The molecule has 0 radical (unpaired) electrons. The lowest BCUT2D eigenvalue weighted by molar-refractivity contribution is -0.337. The molecule has 396 valence electrons. The van der Waals surface area contributed by atoms with Gasteiger partial charge in [0.15, 0.2) is 12.6 Å². The SMILES string of the molecule is CC1(c2cc(CCC(=O)OCC(C)(C)C3OCC4(CO3)COC(C(C)(C)COC(=O)CCc3cc(C5(C)CCCCC5)c(O)c(C5(C)CCCCC5)c3)OC4)cc(C3(C)CCCCC3)c2O)CCCCC1. The van der Waals surface area contributed by atoms with E-state index >= 15 is 0 Å². The summed E-state index contributed by atoms with van der Waals surface area (Å²) < 4.78 is 37.3. The molecule has 1 spiro atoms. The number of carbonyl (C=O) groups excluding carboxylic acids is 2. The number of benzene rings is 2. The number of hydrogen-bond acceptors (Lipinski definition) is 10. The molecule has 2 heterocycles. The molecule has 8 rings (SSSR count). The number of phenolic OH excluding ortho intramolecular Hbond substituents is 2. The van der Waals surface area contributed by atoms with E-state index in [9.17, 15) is 19.8 Å². The minimum absolute atomic E-state index is 0.0564. The molecule has 0 aromatic heterocycles. The van der Waals surface area contributed by atoms with E-state index in [2.05, 4.69) is 52.0 Å². The van der Waals surface area contributed by atoms with E-state index in [-0.39, 0.29) is 59.7 Å². The Balaban J connectivity index is 0.792. The van der Waals surface area contributed by atoms with Crippen LogP contribution in [0.1, 0.15) is 230 Å². The maximum atomic E-state index is 13.4. The van der Waals surface area contributed by atoms with Crippen LogP contribution in [0, 0.1) is 16.2 Å². The van der Waals surface area contributed by atoms with Crippen LogP contribution in [0.3, 0.4) is 0 Å². The highest BCUT2D eigenvalue weighted by molar-refractivity contribution is 5.70. The summed E-state index contributed by atoms with van der Waals surface area (Å²) in [4.78, 5) is 26.7. The third kappa shape index (κ3) is 12.3. The van der Waals surface area contributed by atoms with Crippen molar-refractivity contribution in [2.24, 2.45) is 16.2 Å². The molecule has 2 N–H and O–H groups in total. The number of rotatable bonds is 16. The van der Waals surface area contributed by atoms with Crippen LogP contribution in [-0.2, 0) is 72.5 Å². The van der Waals surface area contributed by atoms with E-state index in [1.807, 2.05) is 27.7 Å². The molecule has 2 saturated heterocycles. The normalized spacial score (nSPS) is 26.6. The van der Waals surface area contributed by atoms with Crippen molar-refractivity contribution < 1.29 is 48.2 Å². The molecule has 71 heavy (non-hydrogen) atoms. The van der Waals surface area contributed by atoms with Gasteiger partial charge in [0.25, 0.3) is 0 Å². The Bertz CT molecular complexity index is 1890. The van der Waals surface area contributed by atoms with Crippen LogP contribution in [0.4, 0.5) is 0 Å². The maximum Gasteiger partial charge on any atom is 0.306 e. The second-order valence-electron chi connectivity index (χ2n) is 26.3. The lowest BCUT2D eigenvalue weighted by Crippen LogP contribution is -2.57. The molecule has 0 bridgehead atoms. The summed E-state index contributed by atoms with van der Waals surface area (Å²) in [6.45, 7) is 19.1. The van der Waals surface area contributed by atoms with Gasteiger partial charge >= 0.3 is 11.9 Å². The van der Waals surface area contributed by atoms with Crippen LogP contribution >= 0.6 is 0 Å². The second-order valence-corrected chi connectivity index (χ2v) is 26.3. The van der Waals surface area contributed by atoms with E-state index in [1.54, 1.807) is 0 Å². The average molecular weight is 985 g/mol. The van der Waals surface area contributed by atoms with Gasteiger partial charge in [-0.3, -0.25) is 9.59 Å². The molecule has 6 aliphatic rings. The van der Waals surface area contributed by atoms with Gasteiger partial charge in [-0.1, -0.05) is 157 Å². The second kappa shape index (κ2) is 22.0. The van der Waals surface area contributed by atoms with E-state index in [0.29, 0.717) is 50.8 Å². The Hall–Kier alpha value is -3.18. The maximum absolute atomic E-state index is 13.4. The Morgan fingerprint density at radius 2 is 0.732 bits per heavy atom. The van der Waals surface area contributed by atoms with Gasteiger partial charge in [0.2, 0.25) is 0 Å². The fraction of sp³-hybridized carbons (Fsp3) is 0.770. The third-order valence-electron chi connectivity index (χ3n) is 18.7. The Morgan fingerprint density at radius 3 is 0.986 bits per heavy atom. The first kappa shape index (κ1) is 54.1. The molecular weight excluding hydrogens is 893 g/mol. The fourth-order valence-electron chi connectivity index (χ4n) is 13.5. The van der Waals surface area contributed by atoms with Crippen LogP contribution in [0.15, 0.2) is 24.3 Å². The highest BCUT2D eigenvalue weighted by atomic mass is 16.7. The van der Waals surface area contributed by atoms with Crippen molar-refractivity contribution in [1.29, 1.82) is 0 Å². The fourth-order valence-corrected chi connectivity index (χ4v) is 13.5. The minimum atomic E-state index is -0.597. The van der Waals surface area contributed by atoms with Gasteiger partial charge in [-0.2, -0.15) is 0 Å². The van der Waals surface area contributed by atoms with Crippen molar-refractivity contribution in [2.75, 3.05) is 39.6 Å². The number of phenols is 2. The summed E-state index contributed by atoms with van der Waals surface area (Å²) in [5.74, 6) is 0.469. The summed E-state index contributed by atoms with van der Waals surface area (Å²) in [7, 11) is 0. The van der Waals surface area contributed by atoms with Gasteiger partial charge in [-0.05, 0) is 97.0 Å². The average Bonchev–Trinajstić information content (AvgIpc) is 3.35. The van der Waals surface area contributed by atoms with Gasteiger partial charge < -0.3 is 38.6 Å². The van der Waals surface area contributed by atoms with Crippen molar-refractivity contribution in [2.45, 2.75) is 244 Å². The first-order valence-corrected chi connectivity index (χ1v) is 28.2. The molecule has 10 nitrogen and oxygen atoms in total. The predicted molar refractivity (Wildman–Crippen MR) is 278 cm³/mol. The van der Waals surface area contributed by atoms with Gasteiger partial charge in [-0.25, -0.2) is 0 Å². The smallest absolute Gasteiger partial charge is 0.306 e. The van der Waals surface area contributed by atoms with Crippen LogP contribution in [-0.4, -0.2) is 74.4 Å². The Morgan fingerprint density at radius 1 is 0.479 bits per heavy atom. The number of carbonyl (C=O) groups is 2. The molecule has 0 atom stereocenters. The van der Waals surface area contributed by atoms with E-state index in [0.717, 1.165) is 84.7 Å². The highest BCUT2D eigenvalue weighted by Gasteiger charge is 2.49. The van der Waals surface area contributed by atoms with E-state index in [1.165, 1.54) is 77.0 Å². The number of aryl methyl sites for hydroxylation is 2. The van der Waals surface area contributed by atoms with Crippen molar-refractivity contribution in [3.63, 3.8) is 0 Å². The largest absolute Gasteiger partial charge is 0.507 e. The Labute approximate surface area is 427 Å². The first-order valence-electron chi connectivity index (χ1n) is 28.2. The van der Waals surface area contributed by atoms with Gasteiger partial charge in [-0.15, -0.1) is 0 Å². The minimum Gasteiger partial charge on any atom is -0.507 e. The lowest BCUT2D eigenvalue weighted by Gasteiger charge is -2.48. The van der Waals surface area contributed by atoms with Crippen molar-refractivity contribution in [1.82, 2.24) is 0 Å². The number of hydrogen-bond donors (Lipinski definition) is 2. The molecular formula is C61H92O10. The molecule has 0 unspecified atom stereocenters. The summed E-state index contributed by atoms with van der Waals surface area (Å²) in [5, 5.41) is 23.7. The highest BCUT2D eigenvalue weighted by Crippen LogP contribution is 2.52. The molecule has 2 aromatic carbocycles. The van der Waals surface area contributed by atoms with Crippen LogP contribution in [0.2, 0.25) is 0 Å². The van der Waals surface area contributed by atoms with E-state index < -0.39 is 28.8 Å². The van der Waals surface area contributed by atoms with Gasteiger partial charge in [0, 0.05) is 45.9 Å². The zero-order valence-electron chi connectivity index (χ0n) is 45.3. The van der Waals surface area contributed by atoms with E-state index in [4.69, 9.17) is 28.4 Å². The summed E-state index contributed by atoms with van der Waals surface area (Å²) in [6, 6.07) is 8.73. The zero-order chi connectivity index (χ0) is 50.7. The topological polar surface area (TPSA) is 130 Å². The molecule has 4 saturated carbocycles. The monoisotopic (exact) mass is 985 g/mol. The number of ether oxygens (including phenoxy) is 6. The molecule has 2 aliphatic heterocycles. The van der Waals surface area contributed by atoms with Crippen LogP contribution in [0.25, 0.3) is 0 Å². The van der Waals surface area contributed by atoms with Gasteiger partial charge in [0.1, 0.15) is 24.7 Å². The van der Waals surface area contributed by atoms with Crippen molar-refractivity contribution >= 4 is 11.9 Å². The predicted octanol–water partition coefficient (Wildman–Crippen LogP) is 13.4. The molecule has 0 amide bonds. The lowest BCUT2D eigenvalue weighted by atomic mass is 9.66. The summed E-state index contributed by atoms with van der Waals surface area (Å²) in [5.41, 5.74) is 4.57. The molecule has 10 heteroatoms. The standard InChI is InChI=1S/C61H92O10/c1-55(2,37-66-49(62)23-21-43-33-45(57(5)25-13-9-14-26-57)51(64)46(34-43)58(6)27-15-10-16-28-58)53-68-39-61(40-69-53)41-70-54(71-42-61)56(3,4)38-67-50(63)24-22-44-35-47(59(7)29-17-11-18-30-59)52(65)48(36-44)60(8)31-19-12-20-32-60/h33-36,53-54,64-65H,9-32,37-42H2,1-8H3. The van der Waals surface area contributed by atoms with Crippen molar-refractivity contribution in [3.8, 4) is 11.5 Å². The van der Waals surface area contributed by atoms with Gasteiger partial charge in [0.05, 0.1) is 31.8 Å². The van der Waals surface area contributed by atoms with Crippen LogP contribution < -0.4 is 0 Å².